The number of esters is 1. The second-order valence-electron chi connectivity index (χ2n) is 9.76. The molecule has 0 amide bonds. The molecule has 1 aliphatic carbocycles. The summed E-state index contributed by atoms with van der Waals surface area (Å²) in [4.78, 5) is 23.0. The minimum absolute atomic E-state index is 0.149. The van der Waals surface area contributed by atoms with E-state index in [0.717, 1.165) is 65.2 Å². The van der Waals surface area contributed by atoms with E-state index in [9.17, 15) is 18.0 Å². The van der Waals surface area contributed by atoms with Crippen LogP contribution in [0.1, 0.15) is 66.3 Å². The topological polar surface area (TPSA) is 70.0 Å². The van der Waals surface area contributed by atoms with Crippen LogP contribution in [0.25, 0.3) is 10.6 Å². The number of thiazole rings is 1. The third-order valence-corrected chi connectivity index (χ3v) is 8.00. The summed E-state index contributed by atoms with van der Waals surface area (Å²) in [5.41, 5.74) is 3.40. The average molecular weight is 575 g/mol. The van der Waals surface area contributed by atoms with Gasteiger partial charge >= 0.3 is 12.1 Å². The highest BCUT2D eigenvalue weighted by molar-refractivity contribution is 7.15. The SMILES string of the molecule is CCOC(=O)COc1ccc(C(=NOCc2sc(-c3ccc(C(F)(F)F)cc3)nc2C)C2CCCCC2)cc1C. The summed E-state index contributed by atoms with van der Waals surface area (Å²) in [5.74, 6) is 0.463. The molecule has 0 bridgehead atoms. The summed E-state index contributed by atoms with van der Waals surface area (Å²) in [6.45, 7) is 5.89. The molecule has 3 aromatic rings. The second-order valence-corrected chi connectivity index (χ2v) is 10.8. The van der Waals surface area contributed by atoms with Gasteiger partial charge < -0.3 is 14.3 Å². The van der Waals surface area contributed by atoms with E-state index in [1.807, 2.05) is 32.0 Å². The fourth-order valence-electron chi connectivity index (χ4n) is 4.70. The van der Waals surface area contributed by atoms with Gasteiger partial charge in [0.05, 0.1) is 28.5 Å². The van der Waals surface area contributed by atoms with Gasteiger partial charge in [0.2, 0.25) is 0 Å². The molecular formula is C30H33F3N2O4S. The molecule has 4 rings (SSSR count). The number of hydrogen-bond acceptors (Lipinski definition) is 7. The van der Waals surface area contributed by atoms with E-state index in [4.69, 9.17) is 14.3 Å². The summed E-state index contributed by atoms with van der Waals surface area (Å²) < 4.78 is 49.3. The van der Waals surface area contributed by atoms with Crippen LogP contribution >= 0.6 is 11.3 Å². The van der Waals surface area contributed by atoms with Gasteiger partial charge in [-0.3, -0.25) is 0 Å². The smallest absolute Gasteiger partial charge is 0.416 e. The lowest BCUT2D eigenvalue weighted by molar-refractivity contribution is -0.145. The molecule has 0 N–H and O–H groups in total. The number of alkyl halides is 3. The fraction of sp³-hybridized carbons (Fsp3) is 0.433. The molecule has 0 unspecified atom stereocenters. The number of carbonyl (C=O) groups is 1. The third-order valence-electron chi connectivity index (χ3n) is 6.82. The first kappa shape index (κ1) is 29.6. The Morgan fingerprint density at radius 3 is 2.45 bits per heavy atom. The van der Waals surface area contributed by atoms with Crippen molar-refractivity contribution < 1.29 is 32.3 Å². The van der Waals surface area contributed by atoms with Crippen LogP contribution in [0.2, 0.25) is 0 Å². The summed E-state index contributed by atoms with van der Waals surface area (Å²) in [7, 11) is 0. The van der Waals surface area contributed by atoms with Gasteiger partial charge in [0, 0.05) is 17.0 Å². The Balaban J connectivity index is 1.49. The molecule has 0 radical (unpaired) electrons. The van der Waals surface area contributed by atoms with Crippen molar-refractivity contribution in [1.29, 1.82) is 0 Å². The normalized spacial score (nSPS) is 14.7. The Morgan fingerprint density at radius 2 is 1.80 bits per heavy atom. The van der Waals surface area contributed by atoms with Crippen LogP contribution in [0, 0.1) is 19.8 Å². The van der Waals surface area contributed by atoms with Crippen molar-refractivity contribution in [3.8, 4) is 16.3 Å². The number of aromatic nitrogens is 1. The Morgan fingerprint density at radius 1 is 1.07 bits per heavy atom. The van der Waals surface area contributed by atoms with Crippen LogP contribution in [0.5, 0.6) is 5.75 Å². The van der Waals surface area contributed by atoms with Gasteiger partial charge in [-0.05, 0) is 69.5 Å². The standard InChI is InChI=1S/C30H33F3N2O4S/c1-4-37-27(36)18-38-25-15-12-23(16-19(25)2)28(21-8-6-5-7-9-21)35-39-17-26-20(3)34-29(40-26)22-10-13-24(14-11-22)30(31,32)33/h10-16,21H,4-9,17-18H2,1-3H3. The van der Waals surface area contributed by atoms with Crippen LogP contribution in [0.4, 0.5) is 13.2 Å². The maximum absolute atomic E-state index is 12.9. The summed E-state index contributed by atoms with van der Waals surface area (Å²) in [6, 6.07) is 10.8. The van der Waals surface area contributed by atoms with E-state index in [2.05, 4.69) is 10.1 Å². The molecule has 1 saturated carbocycles. The molecule has 1 aromatic heterocycles. The van der Waals surface area contributed by atoms with E-state index < -0.39 is 17.7 Å². The van der Waals surface area contributed by atoms with Crippen molar-refractivity contribution in [2.75, 3.05) is 13.2 Å². The van der Waals surface area contributed by atoms with Gasteiger partial charge in [-0.15, -0.1) is 11.3 Å². The third kappa shape index (κ3) is 7.62. The van der Waals surface area contributed by atoms with Gasteiger partial charge in [0.15, 0.2) is 13.2 Å². The van der Waals surface area contributed by atoms with Gasteiger partial charge in [0.25, 0.3) is 0 Å². The van der Waals surface area contributed by atoms with Crippen LogP contribution in [-0.2, 0) is 27.2 Å². The van der Waals surface area contributed by atoms with Crippen molar-refractivity contribution in [2.45, 2.75) is 65.7 Å². The first-order chi connectivity index (χ1) is 19.2. The van der Waals surface area contributed by atoms with Crippen LogP contribution < -0.4 is 4.74 Å². The molecule has 1 fully saturated rings. The minimum atomic E-state index is -4.38. The lowest BCUT2D eigenvalue weighted by Gasteiger charge is -2.23. The van der Waals surface area contributed by atoms with Crippen LogP contribution in [0.15, 0.2) is 47.6 Å². The van der Waals surface area contributed by atoms with Crippen molar-refractivity contribution in [2.24, 2.45) is 11.1 Å². The predicted molar refractivity (Wildman–Crippen MR) is 148 cm³/mol. The quantitative estimate of drug-likeness (QED) is 0.140. The van der Waals surface area contributed by atoms with E-state index in [1.54, 1.807) is 6.92 Å². The second kappa shape index (κ2) is 13.3. The van der Waals surface area contributed by atoms with Gasteiger partial charge in [0.1, 0.15) is 10.8 Å². The summed E-state index contributed by atoms with van der Waals surface area (Å²) in [6.07, 6.45) is 1.15. The van der Waals surface area contributed by atoms with Crippen molar-refractivity contribution in [3.63, 3.8) is 0 Å². The largest absolute Gasteiger partial charge is 0.482 e. The van der Waals surface area contributed by atoms with Crippen LogP contribution in [0.3, 0.4) is 0 Å². The zero-order valence-corrected chi connectivity index (χ0v) is 23.7. The Labute approximate surface area is 236 Å². The van der Waals surface area contributed by atoms with E-state index in [0.29, 0.717) is 22.9 Å². The molecule has 214 valence electrons. The van der Waals surface area contributed by atoms with Crippen LogP contribution in [-0.4, -0.2) is 29.9 Å². The summed E-state index contributed by atoms with van der Waals surface area (Å²) in [5, 5.41) is 5.23. The van der Waals surface area contributed by atoms with E-state index >= 15 is 0 Å². The number of aryl methyl sites for hydroxylation is 2. The highest BCUT2D eigenvalue weighted by Crippen LogP contribution is 2.34. The van der Waals surface area contributed by atoms with E-state index in [-0.39, 0.29) is 19.1 Å². The number of benzene rings is 2. The zero-order chi connectivity index (χ0) is 28.7. The molecule has 0 spiro atoms. The minimum Gasteiger partial charge on any atom is -0.482 e. The monoisotopic (exact) mass is 574 g/mol. The molecule has 0 aliphatic heterocycles. The lowest BCUT2D eigenvalue weighted by Crippen LogP contribution is -2.20. The number of nitrogens with zero attached hydrogens (tertiary/aromatic N) is 2. The maximum atomic E-state index is 12.9. The molecule has 1 aliphatic rings. The molecular weight excluding hydrogens is 541 g/mol. The Kier molecular flexibility index (Phi) is 9.84. The van der Waals surface area contributed by atoms with Gasteiger partial charge in [-0.2, -0.15) is 13.2 Å². The van der Waals surface area contributed by atoms with Gasteiger partial charge in [-0.1, -0.05) is 36.6 Å². The maximum Gasteiger partial charge on any atom is 0.416 e. The number of rotatable bonds is 10. The number of halogens is 3. The van der Waals surface area contributed by atoms with E-state index in [1.165, 1.54) is 29.9 Å². The highest BCUT2D eigenvalue weighted by Gasteiger charge is 2.30. The van der Waals surface area contributed by atoms with Gasteiger partial charge in [-0.25, -0.2) is 9.78 Å². The molecule has 6 nitrogen and oxygen atoms in total. The number of carbonyl (C=O) groups excluding carboxylic acids is 1. The number of oxime groups is 1. The van der Waals surface area contributed by atoms with Crippen molar-refractivity contribution >= 4 is 23.0 Å². The fourth-order valence-corrected chi connectivity index (χ4v) is 5.67. The Hall–Kier alpha value is -3.40. The number of ether oxygens (including phenoxy) is 2. The first-order valence-corrected chi connectivity index (χ1v) is 14.2. The Bertz CT molecular complexity index is 1330. The molecule has 0 atom stereocenters. The average Bonchev–Trinajstić information content (AvgIpc) is 3.31. The molecule has 0 saturated heterocycles. The molecule has 40 heavy (non-hydrogen) atoms. The molecule has 2 aromatic carbocycles. The zero-order valence-electron chi connectivity index (χ0n) is 22.8. The highest BCUT2D eigenvalue weighted by atomic mass is 32.1. The summed E-state index contributed by atoms with van der Waals surface area (Å²) >= 11 is 1.38. The predicted octanol–water partition coefficient (Wildman–Crippen LogP) is 7.89. The lowest BCUT2D eigenvalue weighted by atomic mass is 9.83. The molecule has 10 heteroatoms. The first-order valence-electron chi connectivity index (χ1n) is 13.4. The van der Waals surface area contributed by atoms with Crippen molar-refractivity contribution in [3.05, 3.63) is 69.7 Å². The number of hydrogen-bond donors (Lipinski definition) is 0. The van der Waals surface area contributed by atoms with Crippen molar-refractivity contribution in [1.82, 2.24) is 4.98 Å². The molecule has 1 heterocycles.